The Hall–Kier alpha value is -1.10. The molecule has 1 aliphatic rings. The molecule has 0 aromatic carbocycles. The molecule has 0 radical (unpaired) electrons. The summed E-state index contributed by atoms with van der Waals surface area (Å²) in [5.74, 6) is -0.324. The number of β-amino-alcohol motifs (C(OH)–C–C–N with tert-alkyl or cyclic N) is 1. The first-order chi connectivity index (χ1) is 8.04. The van der Waals surface area contributed by atoms with Gasteiger partial charge in [-0.05, 0) is 19.8 Å². The highest BCUT2D eigenvalue weighted by molar-refractivity contribution is 5.79. The average molecular weight is 243 g/mol. The van der Waals surface area contributed by atoms with E-state index in [-0.39, 0.29) is 24.8 Å². The number of rotatable bonds is 5. The molecule has 98 valence electrons. The molecule has 1 heterocycles. The largest absolute Gasteiger partial charge is 0.466 e. The number of carbonyl (C=O) groups is 2. The fraction of sp³-hybridized carbons (Fsp3) is 0.833. The van der Waals surface area contributed by atoms with Crippen LogP contribution >= 0.6 is 0 Å². The second-order valence-electron chi connectivity index (χ2n) is 4.49. The van der Waals surface area contributed by atoms with E-state index in [1.165, 1.54) is 0 Å². The van der Waals surface area contributed by atoms with E-state index < -0.39 is 12.1 Å². The van der Waals surface area contributed by atoms with Crippen LogP contribution in [0.4, 0.5) is 0 Å². The van der Waals surface area contributed by atoms with Crippen molar-refractivity contribution in [1.29, 1.82) is 0 Å². The molecule has 5 heteroatoms. The first-order valence-electron chi connectivity index (χ1n) is 6.17. The number of amides is 1. The number of esters is 1. The van der Waals surface area contributed by atoms with Crippen molar-refractivity contribution in [2.24, 2.45) is 5.92 Å². The number of hydrogen-bond acceptors (Lipinski definition) is 4. The van der Waals surface area contributed by atoms with Crippen LogP contribution in [0.25, 0.3) is 0 Å². The third kappa shape index (κ3) is 4.34. The predicted molar refractivity (Wildman–Crippen MR) is 62.2 cm³/mol. The summed E-state index contributed by atoms with van der Waals surface area (Å²) in [6.07, 6.45) is 0.984. The molecular weight excluding hydrogens is 222 g/mol. The van der Waals surface area contributed by atoms with Gasteiger partial charge in [-0.15, -0.1) is 0 Å². The molecule has 0 aromatic heterocycles. The number of hydrogen-bond donors (Lipinski definition) is 1. The van der Waals surface area contributed by atoms with Crippen LogP contribution in [0.5, 0.6) is 0 Å². The van der Waals surface area contributed by atoms with E-state index in [1.54, 1.807) is 11.8 Å². The molecule has 1 N–H and O–H groups in total. The van der Waals surface area contributed by atoms with Crippen molar-refractivity contribution in [3.05, 3.63) is 0 Å². The van der Waals surface area contributed by atoms with Gasteiger partial charge in [-0.3, -0.25) is 9.59 Å². The Bertz CT molecular complexity index is 280. The highest BCUT2D eigenvalue weighted by atomic mass is 16.5. The topological polar surface area (TPSA) is 66.8 Å². The zero-order valence-electron chi connectivity index (χ0n) is 10.5. The molecule has 1 fully saturated rings. The third-order valence-corrected chi connectivity index (χ3v) is 2.94. The Labute approximate surface area is 102 Å². The van der Waals surface area contributed by atoms with E-state index in [2.05, 4.69) is 0 Å². The maximum Gasteiger partial charge on any atom is 0.308 e. The molecule has 0 aliphatic carbocycles. The smallest absolute Gasteiger partial charge is 0.308 e. The van der Waals surface area contributed by atoms with Gasteiger partial charge in [0, 0.05) is 19.0 Å². The Morgan fingerprint density at radius 1 is 1.65 bits per heavy atom. The monoisotopic (exact) mass is 243 g/mol. The van der Waals surface area contributed by atoms with Crippen molar-refractivity contribution >= 4 is 11.9 Å². The summed E-state index contributed by atoms with van der Waals surface area (Å²) < 4.78 is 4.75. The number of piperidine rings is 1. The van der Waals surface area contributed by atoms with Gasteiger partial charge < -0.3 is 14.7 Å². The fourth-order valence-electron chi connectivity index (χ4n) is 2.05. The average Bonchev–Trinajstić information content (AvgIpc) is 2.25. The molecule has 1 saturated heterocycles. The van der Waals surface area contributed by atoms with E-state index in [1.807, 2.05) is 6.92 Å². The van der Waals surface area contributed by atoms with E-state index in [0.717, 1.165) is 12.8 Å². The second kappa shape index (κ2) is 6.59. The first kappa shape index (κ1) is 14.0. The van der Waals surface area contributed by atoms with Crippen LogP contribution in [0.3, 0.4) is 0 Å². The molecule has 1 aliphatic heterocycles. The van der Waals surface area contributed by atoms with Crippen molar-refractivity contribution in [1.82, 2.24) is 4.90 Å². The van der Waals surface area contributed by atoms with Crippen LogP contribution in [-0.4, -0.2) is 47.7 Å². The Kier molecular flexibility index (Phi) is 5.41. The quantitative estimate of drug-likeness (QED) is 0.716. The van der Waals surface area contributed by atoms with E-state index in [0.29, 0.717) is 13.2 Å². The summed E-state index contributed by atoms with van der Waals surface area (Å²) in [6.45, 7) is 4.82. The predicted octanol–water partition coefficient (Wildman–Crippen LogP) is 0.559. The van der Waals surface area contributed by atoms with Gasteiger partial charge in [0.15, 0.2) is 0 Å². The van der Waals surface area contributed by atoms with E-state index in [4.69, 9.17) is 4.74 Å². The normalized spacial score (nSPS) is 22.4. The van der Waals surface area contributed by atoms with Crippen molar-refractivity contribution in [2.45, 2.75) is 39.2 Å². The van der Waals surface area contributed by atoms with E-state index >= 15 is 0 Å². The number of carbonyl (C=O) groups excluding carboxylic acids is 2. The second-order valence-corrected chi connectivity index (χ2v) is 4.49. The van der Waals surface area contributed by atoms with Gasteiger partial charge in [0.1, 0.15) is 0 Å². The number of aliphatic hydroxyl groups excluding tert-OH is 1. The summed E-state index contributed by atoms with van der Waals surface area (Å²) in [4.78, 5) is 24.6. The molecular formula is C12H21NO4. The summed E-state index contributed by atoms with van der Waals surface area (Å²) >= 11 is 0. The maximum absolute atomic E-state index is 11.8. The molecule has 2 atom stereocenters. The zero-order valence-corrected chi connectivity index (χ0v) is 10.5. The van der Waals surface area contributed by atoms with Gasteiger partial charge in [-0.1, -0.05) is 6.92 Å². The Morgan fingerprint density at radius 2 is 2.35 bits per heavy atom. The number of aliphatic hydroxyl groups is 1. The minimum Gasteiger partial charge on any atom is -0.466 e. The molecule has 0 spiro atoms. The van der Waals surface area contributed by atoms with Crippen molar-refractivity contribution in [3.63, 3.8) is 0 Å². The molecule has 0 saturated carbocycles. The van der Waals surface area contributed by atoms with Gasteiger partial charge in [-0.25, -0.2) is 0 Å². The SMILES string of the molecule is CCOC(=O)CC(O)CN1CCCC(C)C1=O. The van der Waals surface area contributed by atoms with Gasteiger partial charge in [-0.2, -0.15) is 0 Å². The van der Waals surface area contributed by atoms with Crippen LogP contribution < -0.4 is 0 Å². The lowest BCUT2D eigenvalue weighted by Gasteiger charge is -2.31. The summed E-state index contributed by atoms with van der Waals surface area (Å²) in [7, 11) is 0. The molecule has 1 rings (SSSR count). The van der Waals surface area contributed by atoms with Crippen molar-refractivity contribution in [2.75, 3.05) is 19.7 Å². The lowest BCUT2D eigenvalue weighted by Crippen LogP contribution is -2.44. The van der Waals surface area contributed by atoms with Gasteiger partial charge in [0.25, 0.3) is 0 Å². The molecule has 17 heavy (non-hydrogen) atoms. The van der Waals surface area contributed by atoms with Crippen LogP contribution in [-0.2, 0) is 14.3 Å². The first-order valence-corrected chi connectivity index (χ1v) is 6.17. The minimum absolute atomic E-state index is 0.0264. The molecule has 5 nitrogen and oxygen atoms in total. The van der Waals surface area contributed by atoms with Crippen molar-refractivity contribution in [3.8, 4) is 0 Å². The Balaban J connectivity index is 2.37. The highest BCUT2D eigenvalue weighted by Gasteiger charge is 2.27. The molecule has 2 unspecified atom stereocenters. The lowest BCUT2D eigenvalue weighted by molar-refractivity contribution is -0.147. The third-order valence-electron chi connectivity index (χ3n) is 2.94. The zero-order chi connectivity index (χ0) is 12.8. The van der Waals surface area contributed by atoms with Crippen LogP contribution in [0.2, 0.25) is 0 Å². The summed E-state index contributed by atoms with van der Waals surface area (Å²) in [5.41, 5.74) is 0. The number of ether oxygens (including phenoxy) is 1. The molecule has 0 aromatic rings. The van der Waals surface area contributed by atoms with Gasteiger partial charge in [0.05, 0.1) is 19.1 Å². The van der Waals surface area contributed by atoms with Crippen LogP contribution in [0, 0.1) is 5.92 Å². The number of likely N-dealkylation sites (tertiary alicyclic amines) is 1. The minimum atomic E-state index is -0.830. The summed E-state index contributed by atoms with van der Waals surface area (Å²) in [5, 5.41) is 9.71. The molecule has 1 amide bonds. The lowest BCUT2D eigenvalue weighted by atomic mass is 9.99. The maximum atomic E-state index is 11.8. The van der Waals surface area contributed by atoms with Crippen LogP contribution in [0.15, 0.2) is 0 Å². The van der Waals surface area contributed by atoms with E-state index in [9.17, 15) is 14.7 Å². The van der Waals surface area contributed by atoms with Gasteiger partial charge in [0.2, 0.25) is 5.91 Å². The molecule has 0 bridgehead atoms. The standard InChI is InChI=1S/C12H21NO4/c1-3-17-11(15)7-10(14)8-13-6-4-5-9(2)12(13)16/h9-10,14H,3-8H2,1-2H3. The fourth-order valence-corrected chi connectivity index (χ4v) is 2.05. The summed E-state index contributed by atoms with van der Waals surface area (Å²) in [6, 6.07) is 0. The highest BCUT2D eigenvalue weighted by Crippen LogP contribution is 2.17. The Morgan fingerprint density at radius 3 is 3.00 bits per heavy atom. The van der Waals surface area contributed by atoms with Gasteiger partial charge >= 0.3 is 5.97 Å². The number of nitrogens with zero attached hydrogens (tertiary/aromatic N) is 1. The van der Waals surface area contributed by atoms with Crippen molar-refractivity contribution < 1.29 is 19.4 Å². The van der Waals surface area contributed by atoms with Crippen LogP contribution in [0.1, 0.15) is 33.1 Å².